The van der Waals surface area contributed by atoms with Crippen LogP contribution < -0.4 is 5.48 Å². The van der Waals surface area contributed by atoms with Crippen molar-refractivity contribution in [3.63, 3.8) is 0 Å². The van der Waals surface area contributed by atoms with Crippen LogP contribution in [0.5, 0.6) is 0 Å². The Morgan fingerprint density at radius 3 is 2.64 bits per heavy atom. The van der Waals surface area contributed by atoms with Gasteiger partial charge < -0.3 is 0 Å². The molecule has 0 spiro atoms. The molecule has 74 valence electrons. The Labute approximate surface area is 83.8 Å². The van der Waals surface area contributed by atoms with Crippen LogP contribution in [0.3, 0.4) is 0 Å². The monoisotopic (exact) mass is 190 g/mol. The van der Waals surface area contributed by atoms with Crippen LogP contribution in [0.25, 0.3) is 0 Å². The fraction of sp³-hybridized carbons (Fsp3) is 0.364. The van der Waals surface area contributed by atoms with Crippen molar-refractivity contribution in [3.8, 4) is 0 Å². The number of nitrogens with one attached hydrogen (secondary N) is 1. The molecule has 1 unspecified atom stereocenters. The van der Waals surface area contributed by atoms with E-state index in [9.17, 15) is 0 Å². The number of hydroxylamine groups is 1. The number of nitrogens with zero attached hydrogens (tertiary/aromatic N) is 1. The van der Waals surface area contributed by atoms with E-state index in [1.165, 1.54) is 5.56 Å². The Hall–Kier alpha value is -1.35. The van der Waals surface area contributed by atoms with Crippen LogP contribution in [0.4, 0.5) is 0 Å². The molecule has 1 aliphatic heterocycles. The summed E-state index contributed by atoms with van der Waals surface area (Å²) >= 11 is 0. The molecule has 0 aromatic heterocycles. The highest BCUT2D eigenvalue weighted by Gasteiger charge is 2.16. The Balaban J connectivity index is 2.20. The number of rotatable bonds is 2. The summed E-state index contributed by atoms with van der Waals surface area (Å²) < 4.78 is 0. The van der Waals surface area contributed by atoms with Crippen molar-refractivity contribution in [1.29, 1.82) is 0 Å². The van der Waals surface area contributed by atoms with Gasteiger partial charge in [0.05, 0.1) is 0 Å². The van der Waals surface area contributed by atoms with Crippen molar-refractivity contribution in [2.75, 3.05) is 0 Å². The lowest BCUT2D eigenvalue weighted by molar-refractivity contribution is 0.0364. The van der Waals surface area contributed by atoms with Crippen LogP contribution in [0.15, 0.2) is 29.3 Å². The summed E-state index contributed by atoms with van der Waals surface area (Å²) in [6.07, 6.45) is 0.855. The Morgan fingerprint density at radius 2 is 2.07 bits per heavy atom. The molecule has 3 nitrogen and oxygen atoms in total. The van der Waals surface area contributed by atoms with Gasteiger partial charge in [0.2, 0.25) is 0 Å². The van der Waals surface area contributed by atoms with Crippen LogP contribution in [0.1, 0.15) is 24.5 Å². The molecular formula is C11H14N2O. The maximum absolute atomic E-state index is 5.25. The molecule has 1 aromatic rings. The molecule has 0 saturated heterocycles. The lowest BCUT2D eigenvalue weighted by Crippen LogP contribution is -2.18. The second kappa shape index (κ2) is 3.80. The van der Waals surface area contributed by atoms with Crippen molar-refractivity contribution in [2.45, 2.75) is 26.5 Å². The SMILES string of the molecule is CCC1N=C(c2ccc(C)cc2)NO1. The lowest BCUT2D eigenvalue weighted by atomic mass is 10.1. The molecule has 0 aliphatic carbocycles. The first-order chi connectivity index (χ1) is 6.79. The van der Waals surface area contributed by atoms with Gasteiger partial charge in [-0.05, 0) is 13.3 Å². The zero-order chi connectivity index (χ0) is 9.97. The highest BCUT2D eigenvalue weighted by Crippen LogP contribution is 2.11. The van der Waals surface area contributed by atoms with Gasteiger partial charge in [-0.1, -0.05) is 36.8 Å². The van der Waals surface area contributed by atoms with E-state index in [1.807, 2.05) is 19.1 Å². The average molecular weight is 190 g/mol. The van der Waals surface area contributed by atoms with E-state index in [1.54, 1.807) is 0 Å². The molecule has 1 aromatic carbocycles. The Bertz CT molecular complexity index is 343. The summed E-state index contributed by atoms with van der Waals surface area (Å²) in [5, 5.41) is 0. The van der Waals surface area contributed by atoms with Crippen molar-refractivity contribution in [3.05, 3.63) is 35.4 Å². The fourth-order valence-corrected chi connectivity index (χ4v) is 1.34. The molecule has 1 heterocycles. The van der Waals surface area contributed by atoms with Crippen LogP contribution in [0, 0.1) is 6.92 Å². The third-order valence-electron chi connectivity index (χ3n) is 2.24. The number of benzene rings is 1. The predicted octanol–water partition coefficient (Wildman–Crippen LogP) is 2.01. The summed E-state index contributed by atoms with van der Waals surface area (Å²) in [4.78, 5) is 9.64. The van der Waals surface area contributed by atoms with E-state index in [4.69, 9.17) is 4.84 Å². The number of amidine groups is 1. The Kier molecular flexibility index (Phi) is 2.50. The van der Waals surface area contributed by atoms with Gasteiger partial charge in [-0.15, -0.1) is 0 Å². The lowest BCUT2D eigenvalue weighted by Gasteiger charge is -2.01. The topological polar surface area (TPSA) is 33.6 Å². The van der Waals surface area contributed by atoms with E-state index in [-0.39, 0.29) is 6.23 Å². The molecule has 0 fully saturated rings. The maximum Gasteiger partial charge on any atom is 0.177 e. The first-order valence-corrected chi connectivity index (χ1v) is 4.86. The third-order valence-corrected chi connectivity index (χ3v) is 2.24. The van der Waals surface area contributed by atoms with Gasteiger partial charge in [0.25, 0.3) is 0 Å². The molecule has 0 bridgehead atoms. The van der Waals surface area contributed by atoms with Crippen molar-refractivity contribution < 1.29 is 4.84 Å². The summed E-state index contributed by atoms with van der Waals surface area (Å²) in [6.45, 7) is 4.12. The number of hydrogen-bond acceptors (Lipinski definition) is 3. The molecule has 0 amide bonds. The first-order valence-electron chi connectivity index (χ1n) is 4.86. The smallest absolute Gasteiger partial charge is 0.177 e. The van der Waals surface area contributed by atoms with Crippen molar-refractivity contribution in [2.24, 2.45) is 4.99 Å². The summed E-state index contributed by atoms with van der Waals surface area (Å²) in [5.74, 6) is 0.830. The fourth-order valence-electron chi connectivity index (χ4n) is 1.34. The average Bonchev–Trinajstić information content (AvgIpc) is 2.67. The van der Waals surface area contributed by atoms with E-state index >= 15 is 0 Å². The van der Waals surface area contributed by atoms with Crippen LogP contribution in [-0.2, 0) is 4.84 Å². The maximum atomic E-state index is 5.25. The first kappa shape index (κ1) is 9.21. The van der Waals surface area contributed by atoms with E-state index in [2.05, 4.69) is 29.5 Å². The molecule has 2 rings (SSSR count). The van der Waals surface area contributed by atoms with E-state index < -0.39 is 0 Å². The summed E-state index contributed by atoms with van der Waals surface area (Å²) in [6, 6.07) is 8.22. The number of hydrogen-bond donors (Lipinski definition) is 1. The standard InChI is InChI=1S/C11H14N2O/c1-3-10-12-11(13-14-10)9-6-4-8(2)5-7-9/h4-7,10H,3H2,1-2H3,(H,12,13). The van der Waals surface area contributed by atoms with Gasteiger partial charge in [-0.25, -0.2) is 15.3 Å². The molecule has 0 saturated carbocycles. The van der Waals surface area contributed by atoms with Gasteiger partial charge >= 0.3 is 0 Å². The quantitative estimate of drug-likeness (QED) is 0.774. The van der Waals surface area contributed by atoms with Crippen molar-refractivity contribution >= 4 is 5.84 Å². The molecular weight excluding hydrogens is 176 g/mol. The van der Waals surface area contributed by atoms with Gasteiger partial charge in [0, 0.05) is 5.56 Å². The van der Waals surface area contributed by atoms with Gasteiger partial charge in [-0.2, -0.15) is 0 Å². The van der Waals surface area contributed by atoms with Gasteiger partial charge in [0.1, 0.15) is 0 Å². The molecule has 14 heavy (non-hydrogen) atoms. The molecule has 3 heteroatoms. The Morgan fingerprint density at radius 1 is 1.36 bits per heavy atom. The normalized spacial score (nSPS) is 20.4. The minimum Gasteiger partial charge on any atom is -0.248 e. The molecule has 1 aliphatic rings. The van der Waals surface area contributed by atoms with E-state index in [0.29, 0.717) is 0 Å². The highest BCUT2D eigenvalue weighted by molar-refractivity contribution is 5.98. The third kappa shape index (κ3) is 1.77. The predicted molar refractivity (Wildman–Crippen MR) is 56.0 cm³/mol. The van der Waals surface area contributed by atoms with Crippen LogP contribution >= 0.6 is 0 Å². The minimum absolute atomic E-state index is 0.0358. The zero-order valence-electron chi connectivity index (χ0n) is 8.45. The van der Waals surface area contributed by atoms with Gasteiger partial charge in [-0.3, -0.25) is 0 Å². The van der Waals surface area contributed by atoms with Crippen LogP contribution in [0.2, 0.25) is 0 Å². The second-order valence-electron chi connectivity index (χ2n) is 3.43. The van der Waals surface area contributed by atoms with Gasteiger partial charge in [0.15, 0.2) is 12.1 Å². The number of aryl methyl sites for hydroxylation is 1. The van der Waals surface area contributed by atoms with Crippen LogP contribution in [-0.4, -0.2) is 12.1 Å². The second-order valence-corrected chi connectivity index (χ2v) is 3.43. The van der Waals surface area contributed by atoms with E-state index in [0.717, 1.165) is 17.8 Å². The summed E-state index contributed by atoms with van der Waals surface area (Å²) in [7, 11) is 0. The molecule has 1 atom stereocenters. The largest absolute Gasteiger partial charge is 0.248 e. The highest BCUT2D eigenvalue weighted by atomic mass is 16.7. The molecule has 1 N–H and O–H groups in total. The zero-order valence-corrected chi connectivity index (χ0v) is 8.45. The summed E-state index contributed by atoms with van der Waals surface area (Å²) in [5.41, 5.74) is 5.17. The number of aliphatic imine (C=N–C) groups is 1. The minimum atomic E-state index is -0.0358. The molecule has 0 radical (unpaired) electrons. The van der Waals surface area contributed by atoms with Crippen molar-refractivity contribution in [1.82, 2.24) is 5.48 Å².